The van der Waals surface area contributed by atoms with Crippen LogP contribution in [0.4, 0.5) is 17.5 Å². The summed E-state index contributed by atoms with van der Waals surface area (Å²) in [4.78, 5) is 10.8. The molecule has 0 fully saturated rings. The van der Waals surface area contributed by atoms with Crippen LogP contribution in [0.1, 0.15) is 12.5 Å². The van der Waals surface area contributed by atoms with Crippen molar-refractivity contribution in [3.05, 3.63) is 36.0 Å². The molecule has 20 heavy (non-hydrogen) atoms. The van der Waals surface area contributed by atoms with E-state index in [2.05, 4.69) is 15.3 Å². The van der Waals surface area contributed by atoms with Gasteiger partial charge in [0.05, 0.1) is 7.11 Å². The molecule has 0 spiro atoms. The molecule has 0 atom stereocenters. The predicted octanol–water partition coefficient (Wildman–Crippen LogP) is 2.99. The highest BCUT2D eigenvalue weighted by molar-refractivity contribution is 5.64. The van der Waals surface area contributed by atoms with E-state index < -0.39 is 0 Å². The number of ether oxygens (including phenoxy) is 1. The molecule has 0 radical (unpaired) electrons. The molecule has 5 nitrogen and oxygen atoms in total. The Kier molecular flexibility index (Phi) is 4.40. The number of hydrogen-bond donors (Lipinski definition) is 1. The van der Waals surface area contributed by atoms with Gasteiger partial charge in [-0.25, -0.2) is 4.98 Å². The quantitative estimate of drug-likeness (QED) is 0.906. The summed E-state index contributed by atoms with van der Waals surface area (Å²) in [5, 5.41) is 3.13. The Morgan fingerprint density at radius 2 is 2.15 bits per heavy atom. The van der Waals surface area contributed by atoms with Gasteiger partial charge in [-0.15, -0.1) is 0 Å². The fourth-order valence-corrected chi connectivity index (χ4v) is 1.96. The average molecular weight is 272 g/mol. The molecule has 0 saturated carbocycles. The van der Waals surface area contributed by atoms with Gasteiger partial charge in [0.15, 0.2) is 0 Å². The molecular formula is C15H20N4O. The molecule has 0 bridgehead atoms. The van der Waals surface area contributed by atoms with Gasteiger partial charge in [0.2, 0.25) is 5.95 Å². The lowest BCUT2D eigenvalue weighted by molar-refractivity contribution is 0.415. The highest BCUT2D eigenvalue weighted by Crippen LogP contribution is 2.27. The van der Waals surface area contributed by atoms with Crippen molar-refractivity contribution < 1.29 is 4.74 Å². The zero-order valence-corrected chi connectivity index (χ0v) is 12.3. The van der Waals surface area contributed by atoms with Crippen LogP contribution in [0.3, 0.4) is 0 Å². The van der Waals surface area contributed by atoms with Gasteiger partial charge in [-0.1, -0.05) is 6.07 Å². The van der Waals surface area contributed by atoms with Crippen molar-refractivity contribution in [3.63, 3.8) is 0 Å². The maximum Gasteiger partial charge on any atom is 0.224 e. The lowest BCUT2D eigenvalue weighted by atomic mass is 10.2. The van der Waals surface area contributed by atoms with Crippen LogP contribution in [-0.4, -0.2) is 30.7 Å². The first kappa shape index (κ1) is 14.1. The zero-order valence-electron chi connectivity index (χ0n) is 12.3. The summed E-state index contributed by atoms with van der Waals surface area (Å²) in [5.74, 6) is 2.35. The zero-order chi connectivity index (χ0) is 14.5. The fraction of sp³-hybridized carbons (Fsp3) is 0.333. The van der Waals surface area contributed by atoms with E-state index in [9.17, 15) is 0 Å². The van der Waals surface area contributed by atoms with E-state index in [4.69, 9.17) is 4.74 Å². The third-order valence-electron chi connectivity index (χ3n) is 3.04. The van der Waals surface area contributed by atoms with Crippen LogP contribution in [0.15, 0.2) is 30.5 Å². The topological polar surface area (TPSA) is 50.3 Å². The summed E-state index contributed by atoms with van der Waals surface area (Å²) in [7, 11) is 3.65. The molecule has 2 aromatic rings. The molecule has 0 unspecified atom stereocenters. The number of anilines is 3. The first-order valence-electron chi connectivity index (χ1n) is 6.61. The molecule has 0 saturated heterocycles. The maximum atomic E-state index is 5.26. The number of nitrogens with one attached hydrogen (secondary N) is 1. The SMILES string of the molecule is CCNc1ncc(C)c(N(C)c2cccc(OC)c2)n1. The second kappa shape index (κ2) is 6.23. The smallest absolute Gasteiger partial charge is 0.224 e. The highest BCUT2D eigenvalue weighted by atomic mass is 16.5. The second-order valence-electron chi connectivity index (χ2n) is 4.49. The summed E-state index contributed by atoms with van der Waals surface area (Å²) in [6.45, 7) is 4.82. The van der Waals surface area contributed by atoms with Crippen LogP contribution in [0, 0.1) is 6.92 Å². The number of aryl methyl sites for hydroxylation is 1. The van der Waals surface area contributed by atoms with Gasteiger partial charge in [-0.05, 0) is 26.0 Å². The molecule has 0 amide bonds. The number of rotatable bonds is 5. The van der Waals surface area contributed by atoms with Gasteiger partial charge in [0, 0.05) is 37.1 Å². The largest absolute Gasteiger partial charge is 0.497 e. The van der Waals surface area contributed by atoms with E-state index in [0.29, 0.717) is 5.95 Å². The van der Waals surface area contributed by atoms with Gasteiger partial charge < -0.3 is 15.0 Å². The first-order chi connectivity index (χ1) is 9.65. The van der Waals surface area contributed by atoms with Crippen molar-refractivity contribution in [2.24, 2.45) is 0 Å². The first-order valence-corrected chi connectivity index (χ1v) is 6.61. The van der Waals surface area contributed by atoms with Crippen molar-refractivity contribution in [2.45, 2.75) is 13.8 Å². The van der Waals surface area contributed by atoms with Gasteiger partial charge in [0.25, 0.3) is 0 Å². The number of aromatic nitrogens is 2. The molecule has 1 aromatic carbocycles. The standard InChI is InChI=1S/C15H20N4O/c1-5-16-15-17-10-11(2)14(18-15)19(3)12-7-6-8-13(9-12)20-4/h6-10H,5H2,1-4H3,(H,16,17,18). The number of nitrogens with zero attached hydrogens (tertiary/aromatic N) is 3. The second-order valence-corrected chi connectivity index (χ2v) is 4.49. The molecule has 5 heteroatoms. The molecular weight excluding hydrogens is 252 g/mol. The third-order valence-corrected chi connectivity index (χ3v) is 3.04. The Balaban J connectivity index is 2.36. The Morgan fingerprint density at radius 3 is 2.85 bits per heavy atom. The van der Waals surface area contributed by atoms with Gasteiger partial charge in [-0.2, -0.15) is 4.98 Å². The number of benzene rings is 1. The summed E-state index contributed by atoms with van der Waals surface area (Å²) >= 11 is 0. The van der Waals surface area contributed by atoms with Gasteiger partial charge >= 0.3 is 0 Å². The van der Waals surface area contributed by atoms with Gasteiger partial charge in [0.1, 0.15) is 11.6 Å². The monoisotopic (exact) mass is 272 g/mol. The summed E-state index contributed by atoms with van der Waals surface area (Å²) < 4.78 is 5.26. The summed E-state index contributed by atoms with van der Waals surface area (Å²) in [6.07, 6.45) is 1.83. The summed E-state index contributed by atoms with van der Waals surface area (Å²) in [5.41, 5.74) is 2.05. The van der Waals surface area contributed by atoms with Crippen molar-refractivity contribution in [2.75, 3.05) is 30.9 Å². The Labute approximate surface area is 119 Å². The van der Waals surface area contributed by atoms with E-state index in [0.717, 1.165) is 29.4 Å². The predicted molar refractivity (Wildman–Crippen MR) is 82.0 cm³/mol. The van der Waals surface area contributed by atoms with Crippen LogP contribution < -0.4 is 15.0 Å². The lowest BCUT2D eigenvalue weighted by Gasteiger charge is -2.21. The van der Waals surface area contributed by atoms with Crippen molar-refractivity contribution in [3.8, 4) is 5.75 Å². The Bertz CT molecular complexity index is 586. The minimum Gasteiger partial charge on any atom is -0.497 e. The third kappa shape index (κ3) is 2.99. The van der Waals surface area contributed by atoms with Crippen LogP contribution in [0.2, 0.25) is 0 Å². The normalized spacial score (nSPS) is 10.2. The molecule has 0 aliphatic rings. The minimum absolute atomic E-state index is 0.642. The molecule has 1 heterocycles. The molecule has 0 aliphatic heterocycles. The maximum absolute atomic E-state index is 5.26. The van der Waals surface area contributed by atoms with Crippen LogP contribution in [-0.2, 0) is 0 Å². The van der Waals surface area contributed by atoms with Crippen molar-refractivity contribution in [1.29, 1.82) is 0 Å². The van der Waals surface area contributed by atoms with Crippen molar-refractivity contribution in [1.82, 2.24) is 9.97 Å². The van der Waals surface area contributed by atoms with E-state index in [1.54, 1.807) is 7.11 Å². The highest BCUT2D eigenvalue weighted by Gasteiger charge is 2.11. The molecule has 1 aromatic heterocycles. The molecule has 0 aliphatic carbocycles. The van der Waals surface area contributed by atoms with Crippen LogP contribution >= 0.6 is 0 Å². The lowest BCUT2D eigenvalue weighted by Crippen LogP contribution is -2.14. The van der Waals surface area contributed by atoms with Gasteiger partial charge in [-0.3, -0.25) is 0 Å². The Morgan fingerprint density at radius 1 is 1.35 bits per heavy atom. The fourth-order valence-electron chi connectivity index (χ4n) is 1.96. The van der Waals surface area contributed by atoms with Crippen molar-refractivity contribution >= 4 is 17.5 Å². The van der Waals surface area contributed by atoms with E-state index >= 15 is 0 Å². The molecule has 106 valence electrons. The molecule has 1 N–H and O–H groups in total. The summed E-state index contributed by atoms with van der Waals surface area (Å²) in [6, 6.07) is 7.89. The van der Waals surface area contributed by atoms with E-state index in [-0.39, 0.29) is 0 Å². The average Bonchev–Trinajstić information content (AvgIpc) is 2.49. The number of methoxy groups -OCH3 is 1. The number of hydrogen-bond acceptors (Lipinski definition) is 5. The Hall–Kier alpha value is -2.30. The van der Waals surface area contributed by atoms with E-state index in [1.807, 2.05) is 56.3 Å². The van der Waals surface area contributed by atoms with Crippen LogP contribution in [0.25, 0.3) is 0 Å². The minimum atomic E-state index is 0.642. The van der Waals surface area contributed by atoms with Crippen LogP contribution in [0.5, 0.6) is 5.75 Å². The van der Waals surface area contributed by atoms with E-state index in [1.165, 1.54) is 0 Å². The molecule has 2 rings (SSSR count).